The largest absolute Gasteiger partial charge is 0.493 e. The van der Waals surface area contributed by atoms with E-state index in [1.807, 2.05) is 20.8 Å². The van der Waals surface area contributed by atoms with Gasteiger partial charge in [0.25, 0.3) is 0 Å². The van der Waals surface area contributed by atoms with Crippen LogP contribution in [0.1, 0.15) is 39.2 Å². The Bertz CT molecular complexity index is 421. The molecule has 1 aromatic rings. The molecule has 0 spiro atoms. The standard InChI is InChI=1S/C16H26FNO2/c1-5-14(18)11-12-10-13(17)6-7-15(12)20-9-8-16(2,3)19-4/h6-7,10,14H,5,8-9,11,18H2,1-4H3. The Morgan fingerprint density at radius 1 is 1.35 bits per heavy atom. The molecule has 20 heavy (non-hydrogen) atoms. The van der Waals surface area contributed by atoms with Crippen LogP contribution >= 0.6 is 0 Å². The number of hydrogen-bond acceptors (Lipinski definition) is 3. The number of hydrogen-bond donors (Lipinski definition) is 1. The van der Waals surface area contributed by atoms with E-state index in [0.717, 1.165) is 18.4 Å². The highest BCUT2D eigenvalue weighted by atomic mass is 19.1. The normalized spacial score (nSPS) is 13.3. The average molecular weight is 283 g/mol. The van der Waals surface area contributed by atoms with E-state index in [0.29, 0.717) is 18.8 Å². The molecule has 114 valence electrons. The van der Waals surface area contributed by atoms with Crippen molar-refractivity contribution in [3.8, 4) is 5.75 Å². The number of halogens is 1. The third-order valence-electron chi connectivity index (χ3n) is 3.54. The van der Waals surface area contributed by atoms with Crippen molar-refractivity contribution in [2.45, 2.75) is 51.7 Å². The van der Waals surface area contributed by atoms with Crippen LogP contribution in [-0.2, 0) is 11.2 Å². The fraction of sp³-hybridized carbons (Fsp3) is 0.625. The van der Waals surface area contributed by atoms with Crippen molar-refractivity contribution in [1.29, 1.82) is 0 Å². The second kappa shape index (κ2) is 7.60. The molecule has 1 unspecified atom stereocenters. The first kappa shape index (κ1) is 16.9. The van der Waals surface area contributed by atoms with Gasteiger partial charge in [0.1, 0.15) is 11.6 Å². The van der Waals surface area contributed by atoms with Crippen LogP contribution in [0.25, 0.3) is 0 Å². The lowest BCUT2D eigenvalue weighted by molar-refractivity contribution is 0.00536. The first-order chi connectivity index (χ1) is 9.38. The summed E-state index contributed by atoms with van der Waals surface area (Å²) in [6.45, 7) is 6.57. The van der Waals surface area contributed by atoms with Crippen molar-refractivity contribution in [2.75, 3.05) is 13.7 Å². The highest BCUT2D eigenvalue weighted by Crippen LogP contribution is 2.23. The third-order valence-corrected chi connectivity index (χ3v) is 3.54. The van der Waals surface area contributed by atoms with Crippen molar-refractivity contribution < 1.29 is 13.9 Å². The molecule has 4 heteroatoms. The maximum Gasteiger partial charge on any atom is 0.123 e. The van der Waals surface area contributed by atoms with Crippen LogP contribution in [0.15, 0.2) is 18.2 Å². The van der Waals surface area contributed by atoms with Gasteiger partial charge in [-0.3, -0.25) is 0 Å². The van der Waals surface area contributed by atoms with Crippen LogP contribution in [0.2, 0.25) is 0 Å². The van der Waals surface area contributed by atoms with Gasteiger partial charge in [0.2, 0.25) is 0 Å². The van der Waals surface area contributed by atoms with Gasteiger partial charge in [0.15, 0.2) is 0 Å². The zero-order valence-electron chi connectivity index (χ0n) is 12.9. The molecule has 0 radical (unpaired) electrons. The second-order valence-corrected chi connectivity index (χ2v) is 5.69. The number of methoxy groups -OCH3 is 1. The average Bonchev–Trinajstić information content (AvgIpc) is 2.41. The molecule has 0 bridgehead atoms. The highest BCUT2D eigenvalue weighted by molar-refractivity contribution is 5.34. The van der Waals surface area contributed by atoms with Gasteiger partial charge >= 0.3 is 0 Å². The maximum atomic E-state index is 13.4. The molecule has 3 nitrogen and oxygen atoms in total. The summed E-state index contributed by atoms with van der Waals surface area (Å²) >= 11 is 0. The Morgan fingerprint density at radius 3 is 2.65 bits per heavy atom. The van der Waals surface area contributed by atoms with Crippen LogP contribution in [0.4, 0.5) is 4.39 Å². The topological polar surface area (TPSA) is 44.5 Å². The molecule has 1 aromatic carbocycles. The lowest BCUT2D eigenvalue weighted by Gasteiger charge is -2.23. The van der Waals surface area contributed by atoms with Gasteiger partial charge in [-0.2, -0.15) is 0 Å². The Hall–Kier alpha value is -1.13. The first-order valence-corrected chi connectivity index (χ1v) is 7.10. The van der Waals surface area contributed by atoms with E-state index in [1.54, 1.807) is 13.2 Å². The lowest BCUT2D eigenvalue weighted by atomic mass is 10.0. The van der Waals surface area contributed by atoms with Crippen molar-refractivity contribution in [2.24, 2.45) is 5.73 Å². The monoisotopic (exact) mass is 283 g/mol. The van der Waals surface area contributed by atoms with E-state index in [2.05, 4.69) is 0 Å². The molecule has 0 aromatic heterocycles. The molecule has 1 rings (SSSR count). The molecule has 0 saturated carbocycles. The van der Waals surface area contributed by atoms with Crippen molar-refractivity contribution in [3.05, 3.63) is 29.6 Å². The van der Waals surface area contributed by atoms with Gasteiger partial charge in [-0.1, -0.05) is 6.92 Å². The van der Waals surface area contributed by atoms with Gasteiger partial charge < -0.3 is 15.2 Å². The summed E-state index contributed by atoms with van der Waals surface area (Å²) < 4.78 is 24.5. The van der Waals surface area contributed by atoms with Crippen LogP contribution in [-0.4, -0.2) is 25.4 Å². The molecular formula is C16H26FNO2. The van der Waals surface area contributed by atoms with Crippen molar-refractivity contribution >= 4 is 0 Å². The van der Waals surface area contributed by atoms with E-state index in [-0.39, 0.29) is 17.5 Å². The van der Waals surface area contributed by atoms with Gasteiger partial charge in [-0.05, 0) is 50.5 Å². The van der Waals surface area contributed by atoms with Gasteiger partial charge in [0.05, 0.1) is 12.2 Å². The Morgan fingerprint density at radius 2 is 2.05 bits per heavy atom. The van der Waals surface area contributed by atoms with Crippen LogP contribution in [0.3, 0.4) is 0 Å². The fourth-order valence-electron chi connectivity index (χ4n) is 1.78. The van der Waals surface area contributed by atoms with E-state index >= 15 is 0 Å². The Labute approximate surface area is 121 Å². The molecule has 0 aliphatic carbocycles. The van der Waals surface area contributed by atoms with E-state index < -0.39 is 0 Å². The molecule has 0 fully saturated rings. The van der Waals surface area contributed by atoms with E-state index in [1.165, 1.54) is 12.1 Å². The number of nitrogens with two attached hydrogens (primary N) is 1. The fourth-order valence-corrected chi connectivity index (χ4v) is 1.78. The molecule has 0 aliphatic rings. The first-order valence-electron chi connectivity index (χ1n) is 7.10. The summed E-state index contributed by atoms with van der Waals surface area (Å²) in [7, 11) is 1.68. The molecule has 0 aliphatic heterocycles. The summed E-state index contributed by atoms with van der Waals surface area (Å²) in [5.41, 5.74) is 6.55. The smallest absolute Gasteiger partial charge is 0.123 e. The van der Waals surface area contributed by atoms with Gasteiger partial charge in [0, 0.05) is 19.6 Å². The number of rotatable bonds is 8. The summed E-state index contributed by atoms with van der Waals surface area (Å²) in [6, 6.07) is 4.62. The number of ether oxygens (including phenoxy) is 2. The second-order valence-electron chi connectivity index (χ2n) is 5.69. The molecule has 0 saturated heterocycles. The molecule has 0 amide bonds. The summed E-state index contributed by atoms with van der Waals surface area (Å²) in [5, 5.41) is 0. The van der Waals surface area contributed by atoms with E-state index in [4.69, 9.17) is 15.2 Å². The van der Waals surface area contributed by atoms with Gasteiger partial charge in [-0.25, -0.2) is 4.39 Å². The van der Waals surface area contributed by atoms with Crippen LogP contribution < -0.4 is 10.5 Å². The zero-order valence-corrected chi connectivity index (χ0v) is 12.9. The summed E-state index contributed by atoms with van der Waals surface area (Å²) in [4.78, 5) is 0. The zero-order chi connectivity index (χ0) is 15.2. The van der Waals surface area contributed by atoms with E-state index in [9.17, 15) is 4.39 Å². The summed E-state index contributed by atoms with van der Waals surface area (Å²) in [6.07, 6.45) is 2.24. The Balaban J connectivity index is 2.69. The quantitative estimate of drug-likeness (QED) is 0.796. The predicted molar refractivity (Wildman–Crippen MR) is 79.6 cm³/mol. The highest BCUT2D eigenvalue weighted by Gasteiger charge is 2.17. The van der Waals surface area contributed by atoms with Crippen LogP contribution in [0.5, 0.6) is 5.75 Å². The van der Waals surface area contributed by atoms with Crippen molar-refractivity contribution in [3.63, 3.8) is 0 Å². The maximum absolute atomic E-state index is 13.4. The number of benzene rings is 1. The Kier molecular flexibility index (Phi) is 6.43. The van der Waals surface area contributed by atoms with Crippen molar-refractivity contribution in [1.82, 2.24) is 0 Å². The summed E-state index contributed by atoms with van der Waals surface area (Å²) in [5.74, 6) is 0.454. The lowest BCUT2D eigenvalue weighted by Crippen LogP contribution is -2.25. The van der Waals surface area contributed by atoms with Gasteiger partial charge in [-0.15, -0.1) is 0 Å². The molecule has 2 N–H and O–H groups in total. The molecule has 0 heterocycles. The van der Waals surface area contributed by atoms with Crippen LogP contribution in [0, 0.1) is 5.82 Å². The predicted octanol–water partition coefficient (Wildman–Crippen LogP) is 3.30. The minimum absolute atomic E-state index is 0.0227. The molecule has 1 atom stereocenters. The third kappa shape index (κ3) is 5.47. The minimum atomic E-state index is -0.257. The minimum Gasteiger partial charge on any atom is -0.493 e. The SMILES string of the molecule is CCC(N)Cc1cc(F)ccc1OCCC(C)(C)OC. The molecular weight excluding hydrogens is 257 g/mol.